The van der Waals surface area contributed by atoms with Crippen LogP contribution in [0.15, 0.2) is 16.7 Å². The zero-order valence-electron chi connectivity index (χ0n) is 5.00. The van der Waals surface area contributed by atoms with Gasteiger partial charge in [0.2, 0.25) is 0 Å². The maximum absolute atomic E-state index is 10.1. The van der Waals surface area contributed by atoms with Gasteiger partial charge in [-0.2, -0.15) is 0 Å². The summed E-state index contributed by atoms with van der Waals surface area (Å²) in [5.41, 5.74) is 0. The van der Waals surface area contributed by atoms with Crippen molar-refractivity contribution in [1.29, 1.82) is 0 Å². The normalized spacial score (nSPS) is 9.70. The van der Waals surface area contributed by atoms with E-state index in [-0.39, 0.29) is 6.42 Å². The molecule has 0 unspecified atom stereocenters. The average molecular weight is 161 g/mol. The summed E-state index contributed by atoms with van der Waals surface area (Å²) < 4.78 is 4.76. The average Bonchev–Trinajstić information content (AvgIpc) is 2.15. The minimum absolute atomic E-state index is 0.161. The van der Waals surface area contributed by atoms with Gasteiger partial charge in [-0.25, -0.2) is 0 Å². The third kappa shape index (κ3) is 1.51. The molecule has 0 aliphatic rings. The zero-order chi connectivity index (χ0) is 7.56. The number of aliphatic carboxylic acids is 1. The van der Waals surface area contributed by atoms with Gasteiger partial charge in [0, 0.05) is 0 Å². The molecule has 0 amide bonds. The van der Waals surface area contributed by atoms with Crippen LogP contribution in [0.4, 0.5) is 0 Å². The molecule has 0 bridgehead atoms. The van der Waals surface area contributed by atoms with E-state index in [1.165, 1.54) is 12.3 Å². The minimum atomic E-state index is -0.947. The predicted octanol–water partition coefficient (Wildman–Crippen LogP) is 1.56. The summed E-state index contributed by atoms with van der Waals surface area (Å²) in [7, 11) is 0. The number of carboxylic acids is 1. The lowest BCUT2D eigenvalue weighted by molar-refractivity contribution is -0.136. The van der Waals surface area contributed by atoms with E-state index in [9.17, 15) is 4.79 Å². The van der Waals surface area contributed by atoms with Crippen molar-refractivity contribution in [2.45, 2.75) is 6.42 Å². The van der Waals surface area contributed by atoms with E-state index in [1.807, 2.05) is 0 Å². The zero-order valence-corrected chi connectivity index (χ0v) is 5.76. The number of carbonyl (C=O) groups is 1. The third-order valence-corrected chi connectivity index (χ3v) is 1.34. The molecule has 0 aromatic carbocycles. The second-order valence-electron chi connectivity index (χ2n) is 1.76. The SMILES string of the molecule is O=C(O)Cc1occc1Cl. The molecule has 1 heterocycles. The lowest BCUT2D eigenvalue weighted by Crippen LogP contribution is -1.98. The maximum atomic E-state index is 10.1. The van der Waals surface area contributed by atoms with Crippen LogP contribution in [0.1, 0.15) is 5.76 Å². The van der Waals surface area contributed by atoms with E-state index in [2.05, 4.69) is 0 Å². The highest BCUT2D eigenvalue weighted by atomic mass is 35.5. The van der Waals surface area contributed by atoms with Gasteiger partial charge in [0.1, 0.15) is 12.2 Å². The third-order valence-electron chi connectivity index (χ3n) is 1.00. The quantitative estimate of drug-likeness (QED) is 0.714. The fourth-order valence-electron chi connectivity index (χ4n) is 0.589. The predicted molar refractivity (Wildman–Crippen MR) is 35.1 cm³/mol. The summed E-state index contributed by atoms with van der Waals surface area (Å²) in [6, 6.07) is 1.51. The molecular weight excluding hydrogens is 156 g/mol. The van der Waals surface area contributed by atoms with E-state index in [0.29, 0.717) is 10.8 Å². The van der Waals surface area contributed by atoms with Crippen molar-refractivity contribution in [1.82, 2.24) is 0 Å². The standard InChI is InChI=1S/C6H5ClO3/c7-4-1-2-10-5(4)3-6(8)9/h1-2H,3H2,(H,8,9). The van der Waals surface area contributed by atoms with Crippen LogP contribution < -0.4 is 0 Å². The topological polar surface area (TPSA) is 50.4 Å². The van der Waals surface area contributed by atoms with Gasteiger partial charge in [-0.1, -0.05) is 11.6 Å². The molecule has 1 aromatic heterocycles. The van der Waals surface area contributed by atoms with Gasteiger partial charge in [-0.15, -0.1) is 0 Å². The highest BCUT2D eigenvalue weighted by Crippen LogP contribution is 2.16. The van der Waals surface area contributed by atoms with Crippen LogP contribution in [-0.2, 0) is 11.2 Å². The second kappa shape index (κ2) is 2.75. The fourth-order valence-corrected chi connectivity index (χ4v) is 0.751. The molecule has 0 saturated heterocycles. The minimum Gasteiger partial charge on any atom is -0.481 e. The molecule has 1 N–H and O–H groups in total. The van der Waals surface area contributed by atoms with Gasteiger partial charge in [0.05, 0.1) is 11.3 Å². The summed E-state index contributed by atoms with van der Waals surface area (Å²) in [6.45, 7) is 0. The van der Waals surface area contributed by atoms with Gasteiger partial charge in [0.25, 0.3) is 0 Å². The lowest BCUT2D eigenvalue weighted by Gasteiger charge is -1.88. The van der Waals surface area contributed by atoms with E-state index >= 15 is 0 Å². The largest absolute Gasteiger partial charge is 0.481 e. The van der Waals surface area contributed by atoms with Crippen molar-refractivity contribution < 1.29 is 14.3 Å². The molecule has 0 aliphatic heterocycles. The fraction of sp³-hybridized carbons (Fsp3) is 0.167. The molecule has 4 heteroatoms. The Bertz CT molecular complexity index is 241. The Morgan fingerprint density at radius 1 is 1.80 bits per heavy atom. The molecule has 0 aliphatic carbocycles. The number of halogens is 1. The summed E-state index contributed by atoms with van der Waals surface area (Å²) in [4.78, 5) is 10.1. The van der Waals surface area contributed by atoms with Crippen molar-refractivity contribution >= 4 is 17.6 Å². The molecule has 0 spiro atoms. The van der Waals surface area contributed by atoms with E-state index in [0.717, 1.165) is 0 Å². The molecule has 1 aromatic rings. The number of hydrogen-bond donors (Lipinski definition) is 1. The smallest absolute Gasteiger partial charge is 0.311 e. The monoisotopic (exact) mass is 160 g/mol. The van der Waals surface area contributed by atoms with E-state index < -0.39 is 5.97 Å². The van der Waals surface area contributed by atoms with Crippen molar-refractivity contribution in [3.63, 3.8) is 0 Å². The highest BCUT2D eigenvalue weighted by molar-refractivity contribution is 6.31. The summed E-state index contributed by atoms with van der Waals surface area (Å²) >= 11 is 5.53. The molecule has 1 rings (SSSR count). The van der Waals surface area contributed by atoms with Gasteiger partial charge in [-0.05, 0) is 6.07 Å². The molecule has 3 nitrogen and oxygen atoms in total. The van der Waals surface area contributed by atoms with Crippen LogP contribution in [0, 0.1) is 0 Å². The number of hydrogen-bond acceptors (Lipinski definition) is 2. The first kappa shape index (κ1) is 7.15. The van der Waals surface area contributed by atoms with Gasteiger partial charge in [0.15, 0.2) is 0 Å². The molecule has 0 radical (unpaired) electrons. The van der Waals surface area contributed by atoms with Gasteiger partial charge >= 0.3 is 5.97 Å². The van der Waals surface area contributed by atoms with Crippen molar-refractivity contribution in [2.24, 2.45) is 0 Å². The molecule has 54 valence electrons. The Morgan fingerprint density at radius 3 is 2.90 bits per heavy atom. The van der Waals surface area contributed by atoms with Gasteiger partial charge < -0.3 is 9.52 Å². The number of carboxylic acid groups (broad SMARTS) is 1. The van der Waals surface area contributed by atoms with Crippen LogP contribution in [0.25, 0.3) is 0 Å². The van der Waals surface area contributed by atoms with Crippen molar-refractivity contribution in [2.75, 3.05) is 0 Å². The molecule has 10 heavy (non-hydrogen) atoms. The van der Waals surface area contributed by atoms with E-state index in [4.69, 9.17) is 21.1 Å². The van der Waals surface area contributed by atoms with Crippen LogP contribution in [0.5, 0.6) is 0 Å². The summed E-state index contributed by atoms with van der Waals surface area (Å²) in [5, 5.41) is 8.65. The Labute approximate surface area is 62.2 Å². The first-order valence-electron chi connectivity index (χ1n) is 2.64. The number of furan rings is 1. The van der Waals surface area contributed by atoms with Crippen LogP contribution >= 0.6 is 11.6 Å². The highest BCUT2D eigenvalue weighted by Gasteiger charge is 2.07. The maximum Gasteiger partial charge on any atom is 0.311 e. The Balaban J connectivity index is 2.74. The summed E-state index contributed by atoms with van der Waals surface area (Å²) in [5.74, 6) is -0.647. The first-order valence-corrected chi connectivity index (χ1v) is 3.01. The Morgan fingerprint density at radius 2 is 2.50 bits per heavy atom. The van der Waals surface area contributed by atoms with Crippen molar-refractivity contribution in [3.05, 3.63) is 23.1 Å². The Hall–Kier alpha value is -0.960. The molecule has 0 saturated carbocycles. The molecule has 0 atom stereocenters. The van der Waals surface area contributed by atoms with Crippen LogP contribution in [0.3, 0.4) is 0 Å². The summed E-state index contributed by atoms with van der Waals surface area (Å²) in [6.07, 6.45) is 1.20. The van der Waals surface area contributed by atoms with Gasteiger partial charge in [-0.3, -0.25) is 4.79 Å². The van der Waals surface area contributed by atoms with E-state index in [1.54, 1.807) is 0 Å². The second-order valence-corrected chi connectivity index (χ2v) is 2.17. The number of rotatable bonds is 2. The lowest BCUT2D eigenvalue weighted by atomic mass is 10.3. The molecule has 0 fully saturated rings. The van der Waals surface area contributed by atoms with Crippen LogP contribution in [0.2, 0.25) is 5.02 Å². The first-order chi connectivity index (χ1) is 4.70. The molecular formula is C6H5ClO3. The Kier molecular flexibility index (Phi) is 1.97. The van der Waals surface area contributed by atoms with Crippen LogP contribution in [-0.4, -0.2) is 11.1 Å². The van der Waals surface area contributed by atoms with Crippen molar-refractivity contribution in [3.8, 4) is 0 Å².